The zero-order chi connectivity index (χ0) is 23.1. The molecule has 0 spiro atoms. The van der Waals surface area contributed by atoms with Gasteiger partial charge in [0.05, 0.1) is 11.6 Å². The molecule has 0 fully saturated rings. The number of para-hydroxylation sites is 1. The summed E-state index contributed by atoms with van der Waals surface area (Å²) in [7, 11) is 0. The summed E-state index contributed by atoms with van der Waals surface area (Å²) in [4.78, 5) is 30.5. The zero-order valence-corrected chi connectivity index (χ0v) is 19.8. The number of hydrogen-bond acceptors (Lipinski definition) is 3. The Labute approximate surface area is 192 Å². The highest BCUT2D eigenvalue weighted by molar-refractivity contribution is 5.97. The van der Waals surface area contributed by atoms with Crippen molar-refractivity contribution < 1.29 is 14.3 Å². The van der Waals surface area contributed by atoms with Gasteiger partial charge < -0.3 is 14.5 Å². The van der Waals surface area contributed by atoms with E-state index in [1.54, 1.807) is 0 Å². The van der Waals surface area contributed by atoms with Crippen molar-refractivity contribution in [3.05, 3.63) is 65.7 Å². The Kier molecular flexibility index (Phi) is 7.94. The summed E-state index contributed by atoms with van der Waals surface area (Å²) in [5.41, 5.74) is 1.28. The molecule has 0 N–H and O–H groups in total. The molecule has 0 unspecified atom stereocenters. The van der Waals surface area contributed by atoms with Crippen LogP contribution in [0.5, 0.6) is 5.75 Å². The predicted octanol–water partition coefficient (Wildman–Crippen LogP) is 4.81. The average Bonchev–Trinajstić information content (AvgIpc) is 2.78. The largest absolute Gasteiger partial charge is 0.491 e. The van der Waals surface area contributed by atoms with E-state index in [1.807, 2.05) is 80.0 Å². The van der Waals surface area contributed by atoms with Gasteiger partial charge in [0.1, 0.15) is 12.4 Å². The van der Waals surface area contributed by atoms with Gasteiger partial charge in [-0.2, -0.15) is 0 Å². The van der Waals surface area contributed by atoms with E-state index in [9.17, 15) is 9.59 Å². The van der Waals surface area contributed by atoms with Crippen LogP contribution in [0.3, 0.4) is 0 Å². The number of carbonyl (C=O) groups excluding carboxylic acids is 2. The highest BCUT2D eigenvalue weighted by atomic mass is 16.5. The normalized spacial score (nSPS) is 18.2. The van der Waals surface area contributed by atoms with Gasteiger partial charge in [-0.15, -0.1) is 0 Å². The van der Waals surface area contributed by atoms with Crippen LogP contribution in [0.4, 0.5) is 0 Å². The lowest BCUT2D eigenvalue weighted by Gasteiger charge is -2.37. The minimum atomic E-state index is -0.477. The van der Waals surface area contributed by atoms with Crippen LogP contribution < -0.4 is 4.74 Å². The first-order valence-corrected chi connectivity index (χ1v) is 11.7. The Morgan fingerprint density at radius 1 is 1.00 bits per heavy atom. The first-order valence-electron chi connectivity index (χ1n) is 11.7. The van der Waals surface area contributed by atoms with Gasteiger partial charge in [-0.25, -0.2) is 0 Å². The summed E-state index contributed by atoms with van der Waals surface area (Å²) in [6.07, 6.45) is 2.41. The maximum absolute atomic E-state index is 13.5. The van der Waals surface area contributed by atoms with E-state index in [0.717, 1.165) is 12.8 Å². The quantitative estimate of drug-likeness (QED) is 0.694. The van der Waals surface area contributed by atoms with Crippen molar-refractivity contribution in [1.29, 1.82) is 0 Å². The van der Waals surface area contributed by atoms with Crippen molar-refractivity contribution in [3.8, 4) is 5.75 Å². The van der Waals surface area contributed by atoms with Crippen molar-refractivity contribution in [2.24, 2.45) is 5.41 Å². The molecular weight excluding hydrogens is 400 g/mol. The minimum absolute atomic E-state index is 0.00547. The molecule has 0 bridgehead atoms. The van der Waals surface area contributed by atoms with Crippen LogP contribution in [-0.2, 0) is 11.2 Å². The molecule has 2 aromatic carbocycles. The van der Waals surface area contributed by atoms with Gasteiger partial charge in [0.15, 0.2) is 0 Å². The molecule has 2 aromatic rings. The van der Waals surface area contributed by atoms with Gasteiger partial charge in [0, 0.05) is 25.0 Å². The highest BCUT2D eigenvalue weighted by Crippen LogP contribution is 2.25. The van der Waals surface area contributed by atoms with Gasteiger partial charge in [-0.1, -0.05) is 63.2 Å². The van der Waals surface area contributed by atoms with Gasteiger partial charge in [-0.05, 0) is 43.9 Å². The summed E-state index contributed by atoms with van der Waals surface area (Å²) in [5.74, 6) is 0.722. The van der Waals surface area contributed by atoms with Crippen molar-refractivity contribution in [1.82, 2.24) is 9.80 Å². The summed E-state index contributed by atoms with van der Waals surface area (Å²) < 4.78 is 6.26. The maximum Gasteiger partial charge on any atom is 0.257 e. The number of nitrogens with zero attached hydrogens (tertiary/aromatic N) is 2. The van der Waals surface area contributed by atoms with Crippen LogP contribution in [0.15, 0.2) is 54.6 Å². The second-order valence-electron chi connectivity index (χ2n) is 9.49. The number of hydrogen-bond donors (Lipinski definition) is 0. The van der Waals surface area contributed by atoms with Gasteiger partial charge >= 0.3 is 0 Å². The molecule has 0 saturated heterocycles. The standard InChI is InChI=1S/C27H36N2O3/c1-5-28-17-11-12-18-29(26(31)27(2,3)4)22(19-21-13-7-6-8-14-21)20-32-24-16-10-9-15-23(24)25(28)30/h6-10,13-16,22H,5,11-12,17-20H2,1-4H3/t22-/m1/s1. The molecule has 5 nitrogen and oxygen atoms in total. The van der Waals surface area contributed by atoms with Gasteiger partial charge in [0.2, 0.25) is 5.91 Å². The van der Waals surface area contributed by atoms with Crippen molar-refractivity contribution in [2.75, 3.05) is 26.2 Å². The topological polar surface area (TPSA) is 49.9 Å². The lowest BCUT2D eigenvalue weighted by Crippen LogP contribution is -2.50. The fraction of sp³-hybridized carbons (Fsp3) is 0.481. The molecule has 1 aliphatic heterocycles. The molecule has 1 heterocycles. The molecule has 3 rings (SSSR count). The Morgan fingerprint density at radius 2 is 1.66 bits per heavy atom. The fourth-order valence-corrected chi connectivity index (χ4v) is 4.14. The second kappa shape index (κ2) is 10.7. The van der Waals surface area contributed by atoms with Crippen molar-refractivity contribution >= 4 is 11.8 Å². The summed E-state index contributed by atoms with van der Waals surface area (Å²) in [6.45, 7) is 10.2. The Bertz CT molecular complexity index is 905. The molecule has 1 atom stereocenters. The van der Waals surface area contributed by atoms with Crippen LogP contribution >= 0.6 is 0 Å². The lowest BCUT2D eigenvalue weighted by molar-refractivity contribution is -0.142. The Balaban J connectivity index is 1.97. The average molecular weight is 437 g/mol. The Morgan fingerprint density at radius 3 is 2.34 bits per heavy atom. The van der Waals surface area contributed by atoms with E-state index >= 15 is 0 Å². The SMILES string of the molecule is CCN1CCCCN(C(=O)C(C)(C)C)[C@H](Cc2ccccc2)COc2ccccc2C1=O. The molecule has 5 heteroatoms. The fourth-order valence-electron chi connectivity index (χ4n) is 4.14. The van der Waals surface area contributed by atoms with E-state index in [-0.39, 0.29) is 17.9 Å². The smallest absolute Gasteiger partial charge is 0.257 e. The third kappa shape index (κ3) is 5.90. The third-order valence-electron chi connectivity index (χ3n) is 5.95. The van der Waals surface area contributed by atoms with Gasteiger partial charge in [0.25, 0.3) is 5.91 Å². The summed E-state index contributed by atoms with van der Waals surface area (Å²) in [6, 6.07) is 17.5. The summed E-state index contributed by atoms with van der Waals surface area (Å²) in [5, 5.41) is 0. The molecule has 0 saturated carbocycles. The number of amides is 2. The van der Waals surface area contributed by atoms with E-state index in [0.29, 0.717) is 44.0 Å². The van der Waals surface area contributed by atoms with E-state index < -0.39 is 5.41 Å². The molecule has 32 heavy (non-hydrogen) atoms. The van der Waals surface area contributed by atoms with Crippen LogP contribution in [0.25, 0.3) is 0 Å². The Hall–Kier alpha value is -2.82. The molecule has 172 valence electrons. The van der Waals surface area contributed by atoms with Gasteiger partial charge in [-0.3, -0.25) is 9.59 Å². The van der Waals surface area contributed by atoms with Crippen LogP contribution in [-0.4, -0.2) is 53.9 Å². The van der Waals surface area contributed by atoms with Crippen LogP contribution in [0, 0.1) is 5.41 Å². The number of benzene rings is 2. The first-order chi connectivity index (χ1) is 15.3. The zero-order valence-electron chi connectivity index (χ0n) is 19.8. The maximum atomic E-state index is 13.5. The molecule has 2 amide bonds. The van der Waals surface area contributed by atoms with Crippen LogP contribution in [0.2, 0.25) is 0 Å². The number of carbonyl (C=O) groups is 2. The molecule has 1 aliphatic rings. The predicted molar refractivity (Wildman–Crippen MR) is 128 cm³/mol. The second-order valence-corrected chi connectivity index (χ2v) is 9.49. The highest BCUT2D eigenvalue weighted by Gasteiger charge is 2.33. The van der Waals surface area contributed by atoms with E-state index in [4.69, 9.17) is 4.74 Å². The van der Waals surface area contributed by atoms with E-state index in [1.165, 1.54) is 5.56 Å². The van der Waals surface area contributed by atoms with E-state index in [2.05, 4.69) is 12.1 Å². The molecule has 0 radical (unpaired) electrons. The molecular formula is C27H36N2O3. The number of fused-ring (bicyclic) bond motifs is 1. The van der Waals surface area contributed by atoms with Crippen molar-refractivity contribution in [2.45, 2.75) is 53.0 Å². The third-order valence-corrected chi connectivity index (χ3v) is 5.95. The lowest BCUT2D eigenvalue weighted by atomic mass is 9.92. The van der Waals surface area contributed by atoms with Crippen molar-refractivity contribution in [3.63, 3.8) is 0 Å². The minimum Gasteiger partial charge on any atom is -0.491 e. The monoisotopic (exact) mass is 436 g/mol. The number of rotatable bonds is 3. The number of ether oxygens (including phenoxy) is 1. The molecule has 0 aliphatic carbocycles. The summed E-state index contributed by atoms with van der Waals surface area (Å²) >= 11 is 0. The first kappa shape index (κ1) is 23.8. The molecule has 0 aromatic heterocycles. The van der Waals surface area contributed by atoms with Crippen LogP contribution in [0.1, 0.15) is 56.5 Å².